The third-order valence-electron chi connectivity index (χ3n) is 2.32. The highest BCUT2D eigenvalue weighted by molar-refractivity contribution is 5.84. The second-order valence-corrected chi connectivity index (χ2v) is 3.18. The molecule has 84 valence electrons. The van der Waals surface area contributed by atoms with Gasteiger partial charge >= 0.3 is 12.1 Å². The molecule has 0 aromatic carbocycles. The van der Waals surface area contributed by atoms with Crippen molar-refractivity contribution in [1.82, 2.24) is 20.9 Å². The maximum absolute atomic E-state index is 11.5. The van der Waals surface area contributed by atoms with E-state index in [0.717, 1.165) is 0 Å². The number of hydrogen-bond donors (Lipinski definition) is 3. The quantitative estimate of drug-likeness (QED) is 0.503. The molecule has 0 radical (unpaired) electrons. The summed E-state index contributed by atoms with van der Waals surface area (Å²) in [5, 5.41) is 7.70. The van der Waals surface area contributed by atoms with Crippen LogP contribution in [0.5, 0.6) is 0 Å². The Hall–Kier alpha value is -1.54. The SMILES string of the molecule is COC(OC)N1C(=O)NC2NC(=O)NC21. The largest absolute Gasteiger partial charge is 0.338 e. The molecular weight excluding hydrogens is 204 g/mol. The number of carbonyl (C=O) groups is 2. The van der Waals surface area contributed by atoms with E-state index >= 15 is 0 Å². The minimum absolute atomic E-state index is 0.332. The summed E-state index contributed by atoms with van der Waals surface area (Å²) in [4.78, 5) is 23.8. The Labute approximate surface area is 85.9 Å². The molecule has 2 saturated heterocycles. The van der Waals surface area contributed by atoms with E-state index in [0.29, 0.717) is 0 Å². The molecule has 2 unspecified atom stereocenters. The summed E-state index contributed by atoms with van der Waals surface area (Å²) in [6, 6.07) is -0.688. The molecule has 0 saturated carbocycles. The van der Waals surface area contributed by atoms with Crippen LogP contribution in [0.15, 0.2) is 0 Å². The van der Waals surface area contributed by atoms with Crippen LogP contribution in [-0.4, -0.2) is 49.9 Å². The zero-order valence-electron chi connectivity index (χ0n) is 8.31. The summed E-state index contributed by atoms with van der Waals surface area (Å²) >= 11 is 0. The molecule has 0 aliphatic carbocycles. The zero-order valence-corrected chi connectivity index (χ0v) is 8.31. The number of carbonyl (C=O) groups excluding carboxylic acids is 2. The fraction of sp³-hybridized carbons (Fsp3) is 0.714. The Balaban J connectivity index is 2.16. The lowest BCUT2D eigenvalue weighted by molar-refractivity contribution is -0.184. The van der Waals surface area contributed by atoms with E-state index in [1.165, 1.54) is 19.1 Å². The molecule has 2 rings (SSSR count). The molecule has 2 atom stereocenters. The number of urea groups is 2. The second-order valence-electron chi connectivity index (χ2n) is 3.18. The van der Waals surface area contributed by atoms with Crippen molar-refractivity contribution >= 4 is 12.1 Å². The van der Waals surface area contributed by atoms with Crippen LogP contribution in [0, 0.1) is 0 Å². The van der Waals surface area contributed by atoms with Gasteiger partial charge in [0.25, 0.3) is 0 Å². The summed E-state index contributed by atoms with van der Waals surface area (Å²) in [5.41, 5.74) is 0. The lowest BCUT2D eigenvalue weighted by Gasteiger charge is -2.27. The summed E-state index contributed by atoms with van der Waals surface area (Å²) in [6.45, 7) is 0. The van der Waals surface area contributed by atoms with E-state index in [9.17, 15) is 9.59 Å². The molecule has 2 aliphatic heterocycles. The lowest BCUT2D eigenvalue weighted by atomic mass is 10.4. The number of methoxy groups -OCH3 is 2. The molecule has 2 fully saturated rings. The van der Waals surface area contributed by atoms with Gasteiger partial charge in [-0.05, 0) is 0 Å². The predicted octanol–water partition coefficient (Wildman–Crippen LogP) is -1.45. The van der Waals surface area contributed by atoms with Gasteiger partial charge in [0, 0.05) is 14.2 Å². The zero-order chi connectivity index (χ0) is 11.0. The van der Waals surface area contributed by atoms with Crippen LogP contribution in [0.1, 0.15) is 0 Å². The maximum Gasteiger partial charge on any atom is 0.324 e. The van der Waals surface area contributed by atoms with Gasteiger partial charge in [-0.15, -0.1) is 0 Å². The topological polar surface area (TPSA) is 91.9 Å². The van der Waals surface area contributed by atoms with Crippen LogP contribution < -0.4 is 16.0 Å². The molecule has 8 heteroatoms. The Kier molecular flexibility index (Phi) is 2.37. The molecule has 3 N–H and O–H groups in total. The second kappa shape index (κ2) is 3.55. The first-order valence-electron chi connectivity index (χ1n) is 4.39. The third kappa shape index (κ3) is 1.47. The van der Waals surface area contributed by atoms with Gasteiger partial charge in [-0.1, -0.05) is 0 Å². The Morgan fingerprint density at radius 1 is 1.20 bits per heavy atom. The smallest absolute Gasteiger partial charge is 0.324 e. The van der Waals surface area contributed by atoms with Crippen molar-refractivity contribution < 1.29 is 19.1 Å². The average molecular weight is 216 g/mol. The Morgan fingerprint density at radius 2 is 1.87 bits per heavy atom. The van der Waals surface area contributed by atoms with Crippen molar-refractivity contribution in [1.29, 1.82) is 0 Å². The third-order valence-corrected chi connectivity index (χ3v) is 2.32. The molecule has 2 aliphatic rings. The van der Waals surface area contributed by atoms with Crippen LogP contribution in [0.25, 0.3) is 0 Å². The maximum atomic E-state index is 11.5. The number of rotatable bonds is 3. The number of hydrogen-bond acceptors (Lipinski definition) is 4. The molecule has 8 nitrogen and oxygen atoms in total. The Morgan fingerprint density at radius 3 is 2.47 bits per heavy atom. The minimum atomic E-state index is -0.819. The number of fused-ring (bicyclic) bond motifs is 1. The van der Waals surface area contributed by atoms with Crippen LogP contribution in [-0.2, 0) is 9.47 Å². The standard InChI is InChI=1S/C7H12N4O4/c1-14-7(15-2)11-4-3(9-6(11)13)8-5(12)10-4/h3-4,7H,1-2H3,(H,9,13)(H2,8,10,12). The highest BCUT2D eigenvalue weighted by atomic mass is 16.7. The van der Waals surface area contributed by atoms with E-state index < -0.39 is 18.7 Å². The van der Waals surface area contributed by atoms with Crippen LogP contribution in [0.4, 0.5) is 9.59 Å². The van der Waals surface area contributed by atoms with Crippen molar-refractivity contribution in [2.24, 2.45) is 0 Å². The van der Waals surface area contributed by atoms with Gasteiger partial charge in [-0.3, -0.25) is 4.90 Å². The Bertz CT molecular complexity index is 293. The lowest BCUT2D eigenvalue weighted by Crippen LogP contribution is -2.50. The van der Waals surface area contributed by atoms with Crippen molar-refractivity contribution in [2.75, 3.05) is 14.2 Å². The first-order chi connectivity index (χ1) is 7.17. The van der Waals surface area contributed by atoms with Crippen LogP contribution in [0.2, 0.25) is 0 Å². The molecular formula is C7H12N4O4. The highest BCUT2D eigenvalue weighted by Gasteiger charge is 2.48. The fourth-order valence-electron chi connectivity index (χ4n) is 1.71. The molecule has 2 heterocycles. The number of nitrogens with zero attached hydrogens (tertiary/aromatic N) is 1. The van der Waals surface area contributed by atoms with Gasteiger partial charge in [-0.25, -0.2) is 9.59 Å². The van der Waals surface area contributed by atoms with Gasteiger partial charge in [0.15, 0.2) is 6.17 Å². The number of ether oxygens (including phenoxy) is 2. The van der Waals surface area contributed by atoms with E-state index in [-0.39, 0.29) is 12.1 Å². The van der Waals surface area contributed by atoms with Crippen molar-refractivity contribution in [3.05, 3.63) is 0 Å². The van der Waals surface area contributed by atoms with E-state index in [2.05, 4.69) is 16.0 Å². The van der Waals surface area contributed by atoms with Crippen molar-refractivity contribution in [3.63, 3.8) is 0 Å². The molecule has 4 amide bonds. The molecule has 0 spiro atoms. The van der Waals surface area contributed by atoms with Crippen LogP contribution in [0.3, 0.4) is 0 Å². The van der Waals surface area contributed by atoms with Gasteiger partial charge in [0.1, 0.15) is 6.17 Å². The fourth-order valence-corrected chi connectivity index (χ4v) is 1.71. The van der Waals surface area contributed by atoms with Crippen molar-refractivity contribution in [2.45, 2.75) is 18.7 Å². The van der Waals surface area contributed by atoms with Crippen molar-refractivity contribution in [3.8, 4) is 0 Å². The normalized spacial score (nSPS) is 28.9. The first-order valence-corrected chi connectivity index (χ1v) is 4.39. The van der Waals surface area contributed by atoms with Gasteiger partial charge in [-0.2, -0.15) is 0 Å². The summed E-state index contributed by atoms with van der Waals surface area (Å²) < 4.78 is 9.92. The highest BCUT2D eigenvalue weighted by Crippen LogP contribution is 2.17. The predicted molar refractivity (Wildman–Crippen MR) is 47.4 cm³/mol. The summed E-state index contributed by atoms with van der Waals surface area (Å²) in [6.07, 6.45) is -1.76. The van der Waals surface area contributed by atoms with Crippen LogP contribution >= 0.6 is 0 Å². The molecule has 0 aromatic heterocycles. The minimum Gasteiger partial charge on any atom is -0.338 e. The van der Waals surface area contributed by atoms with E-state index in [4.69, 9.17) is 9.47 Å². The first kappa shape index (κ1) is 9.99. The molecule has 0 bridgehead atoms. The number of nitrogens with one attached hydrogen (secondary N) is 3. The van der Waals surface area contributed by atoms with Gasteiger partial charge < -0.3 is 25.4 Å². The average Bonchev–Trinajstić information content (AvgIpc) is 2.66. The monoisotopic (exact) mass is 216 g/mol. The van der Waals surface area contributed by atoms with E-state index in [1.54, 1.807) is 0 Å². The summed E-state index contributed by atoms with van der Waals surface area (Å²) in [7, 11) is 2.83. The summed E-state index contributed by atoms with van der Waals surface area (Å²) in [5.74, 6) is 0. The molecule has 15 heavy (non-hydrogen) atoms. The molecule has 0 aromatic rings. The van der Waals surface area contributed by atoms with Gasteiger partial charge in [0.2, 0.25) is 6.41 Å². The van der Waals surface area contributed by atoms with E-state index in [1.807, 2.05) is 0 Å². The number of amides is 4. The van der Waals surface area contributed by atoms with Gasteiger partial charge in [0.05, 0.1) is 0 Å².